The minimum Gasteiger partial charge on any atom is -0.461 e. The van der Waals surface area contributed by atoms with Crippen molar-refractivity contribution in [2.45, 2.75) is 55.6 Å². The molecule has 1 aromatic carbocycles. The molecule has 2 saturated carbocycles. The monoisotopic (exact) mass is 543 g/mol. The Morgan fingerprint density at radius 3 is 2.70 bits per heavy atom. The number of nitrogens with zero attached hydrogens (tertiary/aromatic N) is 4. The highest BCUT2D eigenvalue weighted by atomic mass is 32.2. The van der Waals surface area contributed by atoms with Gasteiger partial charge in [0.2, 0.25) is 21.8 Å². The van der Waals surface area contributed by atoms with Crippen molar-refractivity contribution in [3.8, 4) is 11.6 Å². The molecule has 2 aliphatic rings. The summed E-state index contributed by atoms with van der Waals surface area (Å²) in [5.41, 5.74) is 1.05. The summed E-state index contributed by atoms with van der Waals surface area (Å²) in [6.07, 6.45) is 6.77. The molecule has 5 rings (SSSR count). The molecule has 2 aromatic heterocycles. The summed E-state index contributed by atoms with van der Waals surface area (Å²) in [4.78, 5) is 13.0. The number of sulfonamides is 1. The summed E-state index contributed by atoms with van der Waals surface area (Å²) < 4.78 is 34.2. The van der Waals surface area contributed by atoms with E-state index < -0.39 is 10.0 Å². The van der Waals surface area contributed by atoms with Crippen LogP contribution in [0.5, 0.6) is 0 Å². The van der Waals surface area contributed by atoms with E-state index in [4.69, 9.17) is 4.42 Å². The molecule has 2 fully saturated rings. The Hall–Kier alpha value is -2.63. The Labute approximate surface area is 222 Å². The first-order valence-corrected chi connectivity index (χ1v) is 15.0. The summed E-state index contributed by atoms with van der Waals surface area (Å²) in [6.45, 7) is 3.96. The second-order valence-electron chi connectivity index (χ2n) is 10.3. The number of rotatable bonds is 9. The summed E-state index contributed by atoms with van der Waals surface area (Å²) in [6, 6.07) is 8.81. The summed E-state index contributed by atoms with van der Waals surface area (Å²) in [7, 11) is -0.646. The first-order chi connectivity index (χ1) is 17.6. The fraction of sp³-hybridized carbons (Fsp3) is 0.500. The number of benzene rings is 1. The third-order valence-corrected chi connectivity index (χ3v) is 10.7. The van der Waals surface area contributed by atoms with Crippen LogP contribution in [0.1, 0.15) is 44.2 Å². The van der Waals surface area contributed by atoms with Crippen LogP contribution in [0.2, 0.25) is 0 Å². The second kappa shape index (κ2) is 10.3. The lowest BCUT2D eigenvalue weighted by molar-refractivity contribution is -0.113. The van der Waals surface area contributed by atoms with E-state index in [9.17, 15) is 13.2 Å². The quantitative estimate of drug-likeness (QED) is 0.385. The number of hydrogen-bond donors (Lipinski definition) is 1. The number of thioether (sulfide) groups is 1. The zero-order valence-electron chi connectivity index (χ0n) is 21.5. The molecule has 0 spiro atoms. The lowest BCUT2D eigenvalue weighted by Gasteiger charge is -2.30. The Morgan fingerprint density at radius 1 is 1.24 bits per heavy atom. The molecular formula is C26H33N5O4S2. The summed E-state index contributed by atoms with van der Waals surface area (Å²) >= 11 is 1.33. The molecule has 2 heterocycles. The largest absolute Gasteiger partial charge is 0.461 e. The van der Waals surface area contributed by atoms with E-state index >= 15 is 0 Å². The lowest BCUT2D eigenvalue weighted by Crippen LogP contribution is -2.24. The molecule has 0 radical (unpaired) electrons. The van der Waals surface area contributed by atoms with Gasteiger partial charge in [-0.15, -0.1) is 10.2 Å². The Balaban J connectivity index is 1.33. The van der Waals surface area contributed by atoms with Gasteiger partial charge in [0.1, 0.15) is 0 Å². The Bertz CT molecular complexity index is 1380. The van der Waals surface area contributed by atoms with Gasteiger partial charge in [0.15, 0.2) is 10.9 Å². The van der Waals surface area contributed by atoms with Crippen LogP contribution in [0.25, 0.3) is 11.6 Å². The number of aromatic nitrogens is 3. The number of carbonyl (C=O) groups excluding carboxylic acids is 1. The van der Waals surface area contributed by atoms with Crippen molar-refractivity contribution < 1.29 is 17.6 Å². The topological polar surface area (TPSA) is 110 Å². The fourth-order valence-corrected chi connectivity index (χ4v) is 7.84. The predicted molar refractivity (Wildman–Crippen MR) is 143 cm³/mol. The van der Waals surface area contributed by atoms with Crippen molar-refractivity contribution in [1.29, 1.82) is 0 Å². The summed E-state index contributed by atoms with van der Waals surface area (Å²) in [5, 5.41) is 12.4. The third-order valence-electron chi connectivity index (χ3n) is 7.79. The van der Waals surface area contributed by atoms with Gasteiger partial charge >= 0.3 is 0 Å². The van der Waals surface area contributed by atoms with Crippen LogP contribution in [0.4, 0.5) is 5.69 Å². The number of anilines is 1. The standard InChI is InChI=1S/C26H33N5O4S2/c1-16-7-10-20(14-23(16)37(33,34)30(3)4)27-24(32)15-36-26-29-28-25(22-6-5-11-35-22)31(26)17(2)21-13-18-8-9-19(21)12-18/h5-7,10-11,14,17-19,21H,8-9,12-13,15H2,1-4H3,(H,27,32)/t17-,18-,19-,21+/m1/s1. The number of aryl methyl sites for hydroxylation is 1. The van der Waals surface area contributed by atoms with Gasteiger partial charge in [0.05, 0.1) is 16.9 Å². The minimum atomic E-state index is -3.62. The predicted octanol–water partition coefficient (Wildman–Crippen LogP) is 4.82. The molecule has 1 N–H and O–H groups in total. The van der Waals surface area contributed by atoms with Crippen LogP contribution in [-0.4, -0.2) is 53.2 Å². The molecule has 198 valence electrons. The van der Waals surface area contributed by atoms with Crippen LogP contribution in [-0.2, 0) is 14.8 Å². The van der Waals surface area contributed by atoms with Gasteiger partial charge in [-0.1, -0.05) is 24.2 Å². The van der Waals surface area contributed by atoms with Gasteiger partial charge in [-0.25, -0.2) is 12.7 Å². The van der Waals surface area contributed by atoms with Crippen molar-refractivity contribution in [1.82, 2.24) is 19.1 Å². The average Bonchev–Trinajstić information content (AvgIpc) is 3.67. The Morgan fingerprint density at radius 2 is 2.05 bits per heavy atom. The molecule has 0 unspecified atom stereocenters. The first-order valence-electron chi connectivity index (χ1n) is 12.6. The van der Waals surface area contributed by atoms with Crippen molar-refractivity contribution >= 4 is 33.4 Å². The fourth-order valence-electron chi connectivity index (χ4n) is 5.87. The smallest absolute Gasteiger partial charge is 0.242 e. The van der Waals surface area contributed by atoms with E-state index in [0.717, 1.165) is 16.1 Å². The molecule has 4 atom stereocenters. The molecule has 2 bridgehead atoms. The van der Waals surface area contributed by atoms with Crippen molar-refractivity contribution in [3.63, 3.8) is 0 Å². The maximum atomic E-state index is 12.9. The molecule has 11 heteroatoms. The van der Waals surface area contributed by atoms with E-state index in [1.54, 1.807) is 25.3 Å². The molecule has 0 aliphatic heterocycles. The maximum Gasteiger partial charge on any atom is 0.242 e. The number of nitrogens with one attached hydrogen (secondary N) is 1. The molecule has 0 saturated heterocycles. The van der Waals surface area contributed by atoms with E-state index in [1.807, 2.05) is 12.1 Å². The van der Waals surface area contributed by atoms with Crippen LogP contribution in [0, 0.1) is 24.7 Å². The second-order valence-corrected chi connectivity index (χ2v) is 13.4. The molecule has 3 aromatic rings. The van der Waals surface area contributed by atoms with Crippen molar-refractivity contribution in [2.75, 3.05) is 25.2 Å². The number of fused-ring (bicyclic) bond motifs is 2. The highest BCUT2D eigenvalue weighted by Gasteiger charge is 2.43. The molecule has 9 nitrogen and oxygen atoms in total. The number of amides is 1. The first kappa shape index (κ1) is 26.0. The molecule has 1 amide bonds. The number of furan rings is 1. The Kier molecular flexibility index (Phi) is 7.21. The van der Waals surface area contributed by atoms with Crippen LogP contribution >= 0.6 is 11.8 Å². The van der Waals surface area contributed by atoms with E-state index in [-0.39, 0.29) is 22.6 Å². The maximum absolute atomic E-state index is 12.9. The highest BCUT2D eigenvalue weighted by molar-refractivity contribution is 7.99. The molecular weight excluding hydrogens is 510 g/mol. The van der Waals surface area contributed by atoms with Gasteiger partial charge in [0.25, 0.3) is 0 Å². The average molecular weight is 544 g/mol. The van der Waals surface area contributed by atoms with Crippen LogP contribution < -0.4 is 5.32 Å². The van der Waals surface area contributed by atoms with Crippen molar-refractivity contribution in [3.05, 3.63) is 42.2 Å². The van der Waals surface area contributed by atoms with E-state index in [2.05, 4.69) is 27.0 Å². The van der Waals surface area contributed by atoms with E-state index in [0.29, 0.717) is 33.9 Å². The minimum absolute atomic E-state index is 0.114. The molecule has 37 heavy (non-hydrogen) atoms. The van der Waals surface area contributed by atoms with E-state index in [1.165, 1.54) is 57.6 Å². The zero-order chi connectivity index (χ0) is 26.3. The highest BCUT2D eigenvalue weighted by Crippen LogP contribution is 2.53. The summed E-state index contributed by atoms with van der Waals surface area (Å²) in [5.74, 6) is 3.31. The third kappa shape index (κ3) is 5.08. The molecule has 2 aliphatic carbocycles. The lowest BCUT2D eigenvalue weighted by atomic mass is 9.84. The number of hydrogen-bond acceptors (Lipinski definition) is 7. The van der Waals surface area contributed by atoms with Crippen LogP contribution in [0.3, 0.4) is 0 Å². The van der Waals surface area contributed by atoms with Gasteiger partial charge in [-0.05, 0) is 80.7 Å². The van der Waals surface area contributed by atoms with Gasteiger partial charge < -0.3 is 9.73 Å². The van der Waals surface area contributed by atoms with Gasteiger partial charge in [-0.3, -0.25) is 9.36 Å². The normalized spacial score (nSPS) is 22.0. The van der Waals surface area contributed by atoms with Gasteiger partial charge in [-0.2, -0.15) is 0 Å². The SMILES string of the molecule is Cc1ccc(NC(=O)CSc2nnc(-c3ccco3)n2[C@H](C)[C@@H]2C[C@@H]3CC[C@@H]2C3)cc1S(=O)(=O)N(C)C. The van der Waals surface area contributed by atoms with Crippen LogP contribution in [0.15, 0.2) is 51.1 Å². The van der Waals surface area contributed by atoms with Gasteiger partial charge in [0, 0.05) is 25.8 Å². The van der Waals surface area contributed by atoms with Crippen molar-refractivity contribution in [2.24, 2.45) is 17.8 Å². The zero-order valence-corrected chi connectivity index (χ0v) is 23.2. The number of carbonyl (C=O) groups is 1.